The molecule has 0 saturated carbocycles. The van der Waals surface area contributed by atoms with Crippen LogP contribution in [0.15, 0.2) is 0 Å². The van der Waals surface area contributed by atoms with Crippen molar-refractivity contribution in [2.45, 2.75) is 34.1 Å². The van der Waals surface area contributed by atoms with Crippen molar-refractivity contribution in [1.29, 1.82) is 0 Å². The number of amides is 1. The minimum absolute atomic E-state index is 0.159. The number of nitrogens with zero attached hydrogens (tertiary/aromatic N) is 1. The first-order chi connectivity index (χ1) is 7.31. The van der Waals surface area contributed by atoms with Crippen LogP contribution in [0, 0.1) is 12.3 Å². The van der Waals surface area contributed by atoms with E-state index < -0.39 is 0 Å². The number of nitrogens with one attached hydrogen (secondary N) is 2. The number of nitrogens with two attached hydrogens (primary N) is 1. The Bertz CT molecular complexity index is 356. The van der Waals surface area contributed by atoms with E-state index >= 15 is 0 Å². The first kappa shape index (κ1) is 12.5. The van der Waals surface area contributed by atoms with Crippen LogP contribution < -0.4 is 11.1 Å². The molecule has 1 aromatic rings. The van der Waals surface area contributed by atoms with Gasteiger partial charge in [-0.2, -0.15) is 5.10 Å². The van der Waals surface area contributed by atoms with Crippen LogP contribution in [-0.4, -0.2) is 22.6 Å². The van der Waals surface area contributed by atoms with E-state index in [4.69, 9.17) is 5.73 Å². The molecule has 0 spiro atoms. The fourth-order valence-corrected chi connectivity index (χ4v) is 1.37. The van der Waals surface area contributed by atoms with Crippen molar-refractivity contribution >= 4 is 11.7 Å². The number of rotatable bonds is 3. The van der Waals surface area contributed by atoms with Crippen molar-refractivity contribution < 1.29 is 4.79 Å². The lowest BCUT2D eigenvalue weighted by atomic mass is 9.92. The molecule has 0 saturated heterocycles. The highest BCUT2D eigenvalue weighted by Gasteiger charge is 2.16. The van der Waals surface area contributed by atoms with Crippen LogP contribution in [0.3, 0.4) is 0 Å². The Morgan fingerprint density at radius 2 is 2.12 bits per heavy atom. The number of aryl methyl sites for hydroxylation is 1. The molecular weight excluding hydrogens is 204 g/mol. The molecule has 16 heavy (non-hydrogen) atoms. The van der Waals surface area contributed by atoms with Gasteiger partial charge in [0.1, 0.15) is 5.56 Å². The molecule has 0 radical (unpaired) electrons. The third-order valence-corrected chi connectivity index (χ3v) is 2.36. The van der Waals surface area contributed by atoms with E-state index in [0.29, 0.717) is 17.8 Å². The number of carbonyl (C=O) groups excluding carboxylic acids is 1. The van der Waals surface area contributed by atoms with Crippen molar-refractivity contribution in [3.8, 4) is 0 Å². The summed E-state index contributed by atoms with van der Waals surface area (Å²) in [6.07, 6.45) is 0.926. The molecule has 5 nitrogen and oxygen atoms in total. The number of aromatic amines is 1. The van der Waals surface area contributed by atoms with Crippen LogP contribution in [0.1, 0.15) is 43.2 Å². The molecular formula is C11H20N4O. The highest BCUT2D eigenvalue weighted by atomic mass is 16.1. The molecule has 1 rings (SSSR count). The van der Waals surface area contributed by atoms with E-state index in [2.05, 4.69) is 36.3 Å². The highest BCUT2D eigenvalue weighted by Crippen LogP contribution is 2.17. The molecule has 1 aromatic heterocycles. The molecule has 1 heterocycles. The van der Waals surface area contributed by atoms with Gasteiger partial charge in [0.05, 0.1) is 0 Å². The third-order valence-electron chi connectivity index (χ3n) is 2.36. The molecule has 0 aliphatic heterocycles. The second-order valence-corrected chi connectivity index (χ2v) is 5.18. The van der Waals surface area contributed by atoms with Crippen LogP contribution in [0.5, 0.6) is 0 Å². The Balaban J connectivity index is 2.54. The van der Waals surface area contributed by atoms with E-state index in [1.54, 1.807) is 6.92 Å². The molecule has 0 bridgehead atoms. The first-order valence-corrected chi connectivity index (χ1v) is 5.40. The average molecular weight is 224 g/mol. The summed E-state index contributed by atoms with van der Waals surface area (Å²) in [6.45, 7) is 8.83. The zero-order valence-corrected chi connectivity index (χ0v) is 10.3. The Kier molecular flexibility index (Phi) is 3.57. The average Bonchev–Trinajstić information content (AvgIpc) is 2.43. The van der Waals surface area contributed by atoms with Gasteiger partial charge in [-0.25, -0.2) is 0 Å². The summed E-state index contributed by atoms with van der Waals surface area (Å²) >= 11 is 0. The van der Waals surface area contributed by atoms with Crippen LogP contribution >= 0.6 is 0 Å². The van der Waals surface area contributed by atoms with E-state index in [9.17, 15) is 4.79 Å². The predicted octanol–water partition coefficient (Wildman–Crippen LogP) is 1.47. The largest absolute Gasteiger partial charge is 0.382 e. The Morgan fingerprint density at radius 3 is 2.56 bits per heavy atom. The fraction of sp³-hybridized carbons (Fsp3) is 0.636. The Hall–Kier alpha value is -1.52. The molecule has 1 amide bonds. The van der Waals surface area contributed by atoms with Gasteiger partial charge in [-0.1, -0.05) is 20.8 Å². The summed E-state index contributed by atoms with van der Waals surface area (Å²) in [5.41, 5.74) is 6.96. The topological polar surface area (TPSA) is 83.8 Å². The molecule has 0 aliphatic rings. The predicted molar refractivity (Wildman–Crippen MR) is 64.1 cm³/mol. The normalized spacial score (nSPS) is 11.5. The summed E-state index contributed by atoms with van der Waals surface area (Å²) in [7, 11) is 0. The van der Waals surface area contributed by atoms with Gasteiger partial charge in [-0.05, 0) is 18.8 Å². The second kappa shape index (κ2) is 4.55. The van der Waals surface area contributed by atoms with Crippen molar-refractivity contribution in [3.05, 3.63) is 11.3 Å². The smallest absolute Gasteiger partial charge is 0.256 e. The molecule has 0 unspecified atom stereocenters. The second-order valence-electron chi connectivity index (χ2n) is 5.18. The number of hydrogen-bond donors (Lipinski definition) is 3. The van der Waals surface area contributed by atoms with Gasteiger partial charge in [0.25, 0.3) is 5.91 Å². The summed E-state index contributed by atoms with van der Waals surface area (Å²) in [5.74, 6) is 0.0961. The van der Waals surface area contributed by atoms with Crippen molar-refractivity contribution in [3.63, 3.8) is 0 Å². The lowest BCUT2D eigenvalue weighted by molar-refractivity contribution is 0.0950. The maximum atomic E-state index is 11.8. The Labute approximate surface area is 95.8 Å². The molecule has 0 aromatic carbocycles. The van der Waals surface area contributed by atoms with Gasteiger partial charge in [-0.3, -0.25) is 9.89 Å². The van der Waals surface area contributed by atoms with Crippen LogP contribution in [0.25, 0.3) is 0 Å². The summed E-state index contributed by atoms with van der Waals surface area (Å²) in [4.78, 5) is 11.8. The van der Waals surface area contributed by atoms with E-state index in [-0.39, 0.29) is 17.1 Å². The van der Waals surface area contributed by atoms with Gasteiger partial charge < -0.3 is 11.1 Å². The van der Waals surface area contributed by atoms with Crippen molar-refractivity contribution in [1.82, 2.24) is 15.5 Å². The molecule has 0 fully saturated rings. The quantitative estimate of drug-likeness (QED) is 0.727. The maximum Gasteiger partial charge on any atom is 0.256 e. The SMILES string of the molecule is Cc1[nH]nc(N)c1C(=O)NCCC(C)(C)C. The van der Waals surface area contributed by atoms with Gasteiger partial charge in [0, 0.05) is 12.2 Å². The van der Waals surface area contributed by atoms with Crippen molar-refractivity contribution in [2.75, 3.05) is 12.3 Å². The van der Waals surface area contributed by atoms with Gasteiger partial charge >= 0.3 is 0 Å². The lowest BCUT2D eigenvalue weighted by Gasteiger charge is -2.17. The van der Waals surface area contributed by atoms with E-state index in [1.807, 2.05) is 0 Å². The number of hydrogen-bond acceptors (Lipinski definition) is 3. The van der Waals surface area contributed by atoms with E-state index in [1.165, 1.54) is 0 Å². The zero-order valence-electron chi connectivity index (χ0n) is 10.3. The number of nitrogen functional groups attached to an aromatic ring is 1. The molecule has 4 N–H and O–H groups in total. The summed E-state index contributed by atoms with van der Waals surface area (Å²) in [5, 5.41) is 9.32. The van der Waals surface area contributed by atoms with Gasteiger partial charge in [0.15, 0.2) is 5.82 Å². The number of H-pyrrole nitrogens is 1. The lowest BCUT2D eigenvalue weighted by Crippen LogP contribution is -2.28. The monoisotopic (exact) mass is 224 g/mol. The zero-order chi connectivity index (χ0) is 12.3. The molecule has 5 heteroatoms. The van der Waals surface area contributed by atoms with E-state index in [0.717, 1.165) is 6.42 Å². The summed E-state index contributed by atoms with van der Waals surface area (Å²) in [6, 6.07) is 0. The van der Waals surface area contributed by atoms with Gasteiger partial charge in [0.2, 0.25) is 0 Å². The Morgan fingerprint density at radius 1 is 1.50 bits per heavy atom. The van der Waals surface area contributed by atoms with Crippen LogP contribution in [0.2, 0.25) is 0 Å². The number of aromatic nitrogens is 2. The maximum absolute atomic E-state index is 11.8. The van der Waals surface area contributed by atoms with Gasteiger partial charge in [-0.15, -0.1) is 0 Å². The standard InChI is InChI=1S/C11H20N4O/c1-7-8(9(12)15-14-7)10(16)13-6-5-11(2,3)4/h5-6H2,1-4H3,(H,13,16)(H3,12,14,15). The first-order valence-electron chi connectivity index (χ1n) is 5.40. The fourth-order valence-electron chi connectivity index (χ4n) is 1.37. The molecule has 0 atom stereocenters. The highest BCUT2D eigenvalue weighted by molar-refractivity contribution is 5.99. The third kappa shape index (κ3) is 3.25. The van der Waals surface area contributed by atoms with Crippen molar-refractivity contribution in [2.24, 2.45) is 5.41 Å². The van der Waals surface area contributed by atoms with Crippen LogP contribution in [-0.2, 0) is 0 Å². The number of anilines is 1. The minimum atomic E-state index is -0.159. The summed E-state index contributed by atoms with van der Waals surface area (Å²) < 4.78 is 0. The minimum Gasteiger partial charge on any atom is -0.382 e. The molecule has 0 aliphatic carbocycles. The number of carbonyl (C=O) groups is 1. The van der Waals surface area contributed by atoms with Crippen LogP contribution in [0.4, 0.5) is 5.82 Å². The molecule has 90 valence electrons.